The van der Waals surface area contributed by atoms with E-state index >= 15 is 0 Å². The Kier molecular flexibility index (Phi) is 6.83. The van der Waals surface area contributed by atoms with Gasteiger partial charge in [-0.25, -0.2) is 23.4 Å². The molecular formula is C26H22Cl2N6O2S2. The van der Waals surface area contributed by atoms with Crippen LogP contribution in [0.1, 0.15) is 12.8 Å². The molecule has 0 amide bonds. The van der Waals surface area contributed by atoms with E-state index in [-0.39, 0.29) is 10.9 Å². The van der Waals surface area contributed by atoms with Gasteiger partial charge >= 0.3 is 0 Å². The largest absolute Gasteiger partial charge is 0.350 e. The molecule has 1 atom stereocenters. The molecule has 194 valence electrons. The summed E-state index contributed by atoms with van der Waals surface area (Å²) in [5.74, 6) is 0.436. The predicted molar refractivity (Wildman–Crippen MR) is 151 cm³/mol. The predicted octanol–water partition coefficient (Wildman–Crippen LogP) is 6.09. The highest BCUT2D eigenvalue weighted by Gasteiger charge is 2.30. The van der Waals surface area contributed by atoms with Crippen molar-refractivity contribution in [2.75, 3.05) is 18.4 Å². The Balaban J connectivity index is 1.27. The van der Waals surface area contributed by atoms with Gasteiger partial charge in [0.25, 0.3) is 0 Å². The molecule has 1 aliphatic heterocycles. The van der Waals surface area contributed by atoms with Crippen LogP contribution in [0.25, 0.3) is 27.6 Å². The van der Waals surface area contributed by atoms with E-state index in [0.29, 0.717) is 34.8 Å². The molecule has 0 saturated carbocycles. The molecule has 1 N–H and O–H groups in total. The van der Waals surface area contributed by atoms with Crippen molar-refractivity contribution >= 4 is 55.5 Å². The number of fused-ring (bicyclic) bond motifs is 1. The Bertz CT molecular complexity index is 1700. The number of halogens is 2. The van der Waals surface area contributed by atoms with Crippen LogP contribution in [0, 0.1) is 0 Å². The first kappa shape index (κ1) is 25.3. The van der Waals surface area contributed by atoms with Crippen LogP contribution in [0.5, 0.6) is 0 Å². The van der Waals surface area contributed by atoms with Gasteiger partial charge in [-0.3, -0.25) is 4.40 Å². The number of aromatic nitrogens is 4. The van der Waals surface area contributed by atoms with Crippen LogP contribution in [-0.4, -0.2) is 51.2 Å². The number of sulfonamides is 1. The second-order valence-electron chi connectivity index (χ2n) is 8.94. The van der Waals surface area contributed by atoms with Crippen LogP contribution in [0.15, 0.2) is 77.3 Å². The fourth-order valence-corrected chi connectivity index (χ4v) is 7.11. The van der Waals surface area contributed by atoms with Gasteiger partial charge in [0.1, 0.15) is 5.69 Å². The summed E-state index contributed by atoms with van der Waals surface area (Å²) in [4.78, 5) is 15.2. The fourth-order valence-electron chi connectivity index (χ4n) is 4.62. The van der Waals surface area contributed by atoms with E-state index in [1.807, 2.05) is 46.3 Å². The molecule has 1 fully saturated rings. The lowest BCUT2D eigenvalue weighted by Crippen LogP contribution is -2.45. The molecule has 0 unspecified atom stereocenters. The standard InChI is InChI=1S/C26H22Cl2N6O2S2/c27-18-5-3-17(4-6-18)23-24(34-14-15-37-26(34)32-23)22-11-12-29-25(31-22)30-20-2-1-13-33(16-20)38(35,36)21-9-7-19(28)8-10-21/h3-12,14-15,20H,1-2,13,16H2,(H,29,30,31)/t20-/m1/s1. The van der Waals surface area contributed by atoms with Crippen molar-refractivity contribution < 1.29 is 8.42 Å². The Morgan fingerprint density at radius 2 is 1.71 bits per heavy atom. The van der Waals surface area contributed by atoms with Gasteiger partial charge in [0.15, 0.2) is 4.96 Å². The molecule has 0 bridgehead atoms. The first-order chi connectivity index (χ1) is 18.4. The minimum Gasteiger partial charge on any atom is -0.350 e. The number of anilines is 1. The number of nitrogens with one attached hydrogen (secondary N) is 1. The Labute approximate surface area is 234 Å². The average molecular weight is 586 g/mol. The van der Waals surface area contributed by atoms with E-state index in [1.165, 1.54) is 16.4 Å². The molecule has 2 aromatic carbocycles. The lowest BCUT2D eigenvalue weighted by Gasteiger charge is -2.32. The van der Waals surface area contributed by atoms with Crippen molar-refractivity contribution in [1.29, 1.82) is 0 Å². The first-order valence-electron chi connectivity index (χ1n) is 12.0. The molecular weight excluding hydrogens is 563 g/mol. The summed E-state index contributed by atoms with van der Waals surface area (Å²) >= 11 is 13.6. The normalized spacial score (nSPS) is 16.6. The van der Waals surface area contributed by atoms with E-state index in [4.69, 9.17) is 33.2 Å². The van der Waals surface area contributed by atoms with Crippen molar-refractivity contribution in [2.24, 2.45) is 0 Å². The van der Waals surface area contributed by atoms with Crippen LogP contribution in [0.3, 0.4) is 0 Å². The Morgan fingerprint density at radius 3 is 2.47 bits per heavy atom. The minimum atomic E-state index is -3.63. The van der Waals surface area contributed by atoms with E-state index in [0.717, 1.165) is 34.8 Å². The summed E-state index contributed by atoms with van der Waals surface area (Å²) < 4.78 is 29.9. The maximum Gasteiger partial charge on any atom is 0.243 e. The SMILES string of the molecule is O=S(=O)(c1ccc(Cl)cc1)N1CCC[C@@H](Nc2nccc(-c3c(-c4ccc(Cl)cc4)nc4sccn34)n2)C1. The number of hydrogen-bond acceptors (Lipinski definition) is 7. The van der Waals surface area contributed by atoms with E-state index < -0.39 is 10.0 Å². The summed E-state index contributed by atoms with van der Waals surface area (Å²) in [5.41, 5.74) is 3.30. The second-order valence-corrected chi connectivity index (χ2v) is 12.6. The van der Waals surface area contributed by atoms with Gasteiger partial charge in [0.2, 0.25) is 16.0 Å². The number of thiazole rings is 1. The molecule has 38 heavy (non-hydrogen) atoms. The third-order valence-electron chi connectivity index (χ3n) is 6.45. The van der Waals surface area contributed by atoms with Gasteiger partial charge in [-0.15, -0.1) is 11.3 Å². The summed E-state index contributed by atoms with van der Waals surface area (Å²) in [6.45, 7) is 0.774. The third-order valence-corrected chi connectivity index (χ3v) is 9.59. The highest BCUT2D eigenvalue weighted by atomic mass is 35.5. The van der Waals surface area contributed by atoms with Crippen LogP contribution in [-0.2, 0) is 10.0 Å². The van der Waals surface area contributed by atoms with E-state index in [9.17, 15) is 8.42 Å². The van der Waals surface area contributed by atoms with E-state index in [2.05, 4.69) is 10.3 Å². The maximum atomic E-state index is 13.2. The van der Waals surface area contributed by atoms with E-state index in [1.54, 1.807) is 29.7 Å². The van der Waals surface area contributed by atoms with Crippen molar-refractivity contribution in [3.05, 3.63) is 82.4 Å². The summed E-state index contributed by atoms with van der Waals surface area (Å²) in [6.07, 6.45) is 5.20. The summed E-state index contributed by atoms with van der Waals surface area (Å²) in [5, 5.41) is 6.50. The number of imidazole rings is 1. The zero-order chi connectivity index (χ0) is 26.3. The van der Waals surface area contributed by atoms with Crippen molar-refractivity contribution in [1.82, 2.24) is 23.7 Å². The van der Waals surface area contributed by atoms with Crippen LogP contribution < -0.4 is 5.32 Å². The molecule has 0 aliphatic carbocycles. The van der Waals surface area contributed by atoms with Gasteiger partial charge in [0, 0.05) is 52.5 Å². The number of hydrogen-bond donors (Lipinski definition) is 1. The Hall–Kier alpha value is -3.02. The molecule has 8 nitrogen and oxygen atoms in total. The molecule has 0 radical (unpaired) electrons. The molecule has 5 aromatic rings. The lowest BCUT2D eigenvalue weighted by atomic mass is 10.1. The molecule has 1 saturated heterocycles. The molecule has 6 rings (SSSR count). The van der Waals surface area contributed by atoms with Crippen LogP contribution in [0.2, 0.25) is 10.0 Å². The fraction of sp³-hybridized carbons (Fsp3) is 0.192. The van der Waals surface area contributed by atoms with Gasteiger partial charge < -0.3 is 5.32 Å². The molecule has 3 aromatic heterocycles. The van der Waals surface area contributed by atoms with Crippen molar-refractivity contribution in [3.8, 4) is 22.6 Å². The third kappa shape index (κ3) is 4.90. The quantitative estimate of drug-likeness (QED) is 0.259. The Morgan fingerprint density at radius 1 is 0.974 bits per heavy atom. The van der Waals surface area contributed by atoms with Crippen LogP contribution in [0.4, 0.5) is 5.95 Å². The van der Waals surface area contributed by atoms with Crippen molar-refractivity contribution in [2.45, 2.75) is 23.8 Å². The maximum absolute atomic E-state index is 13.2. The molecule has 1 aliphatic rings. The number of piperidine rings is 1. The van der Waals surface area contributed by atoms with Gasteiger partial charge in [-0.2, -0.15) is 4.31 Å². The smallest absolute Gasteiger partial charge is 0.243 e. The molecule has 12 heteroatoms. The summed E-state index contributed by atoms with van der Waals surface area (Å²) in [6, 6.07) is 15.5. The molecule has 4 heterocycles. The van der Waals surface area contributed by atoms with Crippen molar-refractivity contribution in [3.63, 3.8) is 0 Å². The number of rotatable bonds is 6. The first-order valence-corrected chi connectivity index (χ1v) is 15.0. The molecule has 0 spiro atoms. The zero-order valence-electron chi connectivity index (χ0n) is 20.0. The zero-order valence-corrected chi connectivity index (χ0v) is 23.1. The lowest BCUT2D eigenvalue weighted by molar-refractivity contribution is 0.326. The van der Waals surface area contributed by atoms with Gasteiger partial charge in [0.05, 0.1) is 16.3 Å². The highest BCUT2D eigenvalue weighted by molar-refractivity contribution is 7.89. The number of nitrogens with zero attached hydrogens (tertiary/aromatic N) is 5. The number of benzene rings is 2. The highest BCUT2D eigenvalue weighted by Crippen LogP contribution is 2.34. The summed E-state index contributed by atoms with van der Waals surface area (Å²) in [7, 11) is -3.63. The minimum absolute atomic E-state index is 0.136. The second kappa shape index (κ2) is 10.3. The topological polar surface area (TPSA) is 92.5 Å². The average Bonchev–Trinajstić information content (AvgIpc) is 3.51. The monoisotopic (exact) mass is 584 g/mol. The van der Waals surface area contributed by atoms with Gasteiger partial charge in [-0.1, -0.05) is 35.3 Å². The van der Waals surface area contributed by atoms with Gasteiger partial charge in [-0.05, 0) is 55.3 Å². The van der Waals surface area contributed by atoms with Crippen LogP contribution >= 0.6 is 34.5 Å².